The van der Waals surface area contributed by atoms with Gasteiger partial charge in [-0.2, -0.15) is 5.10 Å². The van der Waals surface area contributed by atoms with Crippen molar-refractivity contribution in [3.63, 3.8) is 0 Å². The second kappa shape index (κ2) is 9.08. The smallest absolute Gasteiger partial charge is 0.318 e. The molecule has 2 N–H and O–H groups in total. The third-order valence-electron chi connectivity index (χ3n) is 4.30. The van der Waals surface area contributed by atoms with Crippen molar-refractivity contribution in [2.24, 2.45) is 0 Å². The molecule has 0 unspecified atom stereocenters. The van der Waals surface area contributed by atoms with Crippen molar-refractivity contribution in [1.82, 2.24) is 20.0 Å². The molecule has 0 aliphatic rings. The maximum absolute atomic E-state index is 12.8. The Hall–Kier alpha value is -2.54. The molecule has 0 saturated heterocycles. The molecule has 0 radical (unpaired) electrons. The van der Waals surface area contributed by atoms with Gasteiger partial charge in [-0.15, -0.1) is 0 Å². The van der Waals surface area contributed by atoms with Crippen molar-refractivity contribution in [1.29, 1.82) is 0 Å². The highest BCUT2D eigenvalue weighted by Crippen LogP contribution is 2.26. The zero-order chi connectivity index (χ0) is 22.7. The summed E-state index contributed by atoms with van der Waals surface area (Å²) in [6, 6.07) is 8.81. The Labute approximate surface area is 183 Å². The average molecular weight is 434 g/mol. The van der Waals surface area contributed by atoms with Crippen LogP contribution in [0.2, 0.25) is 5.02 Å². The Morgan fingerprint density at radius 2 is 1.70 bits per heavy atom. The minimum Gasteiger partial charge on any atom is -0.333 e. The van der Waals surface area contributed by atoms with Crippen LogP contribution < -0.4 is 10.6 Å². The fourth-order valence-electron chi connectivity index (χ4n) is 2.70. The molecular weight excluding hydrogens is 402 g/mol. The number of amides is 3. The largest absolute Gasteiger partial charge is 0.333 e. The van der Waals surface area contributed by atoms with E-state index in [-0.39, 0.29) is 29.4 Å². The summed E-state index contributed by atoms with van der Waals surface area (Å²) in [6.45, 7) is 14.1. The van der Waals surface area contributed by atoms with Crippen molar-refractivity contribution in [3.05, 3.63) is 41.0 Å². The molecule has 1 aromatic carbocycles. The van der Waals surface area contributed by atoms with Crippen LogP contribution in [0.1, 0.15) is 54.2 Å². The van der Waals surface area contributed by atoms with Gasteiger partial charge in [-0.3, -0.25) is 4.79 Å². The van der Waals surface area contributed by atoms with E-state index in [1.165, 1.54) is 4.90 Å². The molecule has 1 heterocycles. The topological polar surface area (TPSA) is 79.3 Å². The lowest BCUT2D eigenvalue weighted by molar-refractivity contribution is -0.116. The fraction of sp³-hybridized carbons (Fsp3) is 0.500. The monoisotopic (exact) mass is 433 g/mol. The summed E-state index contributed by atoms with van der Waals surface area (Å²) in [6.07, 6.45) is 0. The van der Waals surface area contributed by atoms with E-state index in [4.69, 9.17) is 11.6 Å². The van der Waals surface area contributed by atoms with Crippen molar-refractivity contribution < 1.29 is 9.59 Å². The van der Waals surface area contributed by atoms with Crippen molar-refractivity contribution >= 4 is 29.4 Å². The summed E-state index contributed by atoms with van der Waals surface area (Å²) in [4.78, 5) is 26.7. The molecule has 164 valence electrons. The van der Waals surface area contributed by atoms with Gasteiger partial charge < -0.3 is 15.5 Å². The van der Waals surface area contributed by atoms with Gasteiger partial charge in [-0.1, -0.05) is 32.4 Å². The maximum Gasteiger partial charge on any atom is 0.318 e. The van der Waals surface area contributed by atoms with Crippen LogP contribution in [0.15, 0.2) is 30.3 Å². The van der Waals surface area contributed by atoms with Gasteiger partial charge in [-0.05, 0) is 52.0 Å². The van der Waals surface area contributed by atoms with Gasteiger partial charge in [0.25, 0.3) is 0 Å². The molecule has 0 fully saturated rings. The van der Waals surface area contributed by atoms with Gasteiger partial charge in [0.05, 0.1) is 11.4 Å². The lowest BCUT2D eigenvalue weighted by atomic mass is 9.92. The number of rotatable bonds is 5. The number of urea groups is 1. The Balaban J connectivity index is 2.25. The molecule has 0 aliphatic carbocycles. The minimum absolute atomic E-state index is 0.0605. The van der Waals surface area contributed by atoms with Crippen LogP contribution in [0, 0.1) is 0 Å². The number of likely N-dealkylation sites (N-methyl/N-ethyl adjacent to an activating group) is 1. The van der Waals surface area contributed by atoms with Crippen LogP contribution in [-0.4, -0.2) is 45.2 Å². The fourth-order valence-corrected chi connectivity index (χ4v) is 2.82. The number of nitrogens with one attached hydrogen (secondary N) is 2. The van der Waals surface area contributed by atoms with Gasteiger partial charge in [0, 0.05) is 28.6 Å². The predicted octanol–water partition coefficient (Wildman–Crippen LogP) is 4.59. The van der Waals surface area contributed by atoms with E-state index in [2.05, 4.69) is 36.5 Å². The van der Waals surface area contributed by atoms with Gasteiger partial charge >= 0.3 is 6.03 Å². The molecule has 0 saturated carbocycles. The third-order valence-corrected chi connectivity index (χ3v) is 4.55. The molecule has 2 rings (SSSR count). The van der Waals surface area contributed by atoms with Crippen LogP contribution in [0.3, 0.4) is 0 Å². The Morgan fingerprint density at radius 3 is 2.20 bits per heavy atom. The number of carbonyl (C=O) groups excluding carboxylic acids is 2. The first-order chi connectivity index (χ1) is 13.8. The number of nitrogens with zero attached hydrogens (tertiary/aromatic N) is 3. The highest BCUT2D eigenvalue weighted by molar-refractivity contribution is 6.30. The minimum atomic E-state index is -0.379. The number of anilines is 1. The second-order valence-electron chi connectivity index (χ2n) is 9.30. The van der Waals surface area contributed by atoms with Crippen LogP contribution in [0.25, 0.3) is 5.69 Å². The van der Waals surface area contributed by atoms with Crippen LogP contribution in [0.4, 0.5) is 10.6 Å². The molecular formula is C22H32ClN5O2. The van der Waals surface area contributed by atoms with Crippen molar-refractivity contribution in [2.75, 3.05) is 18.4 Å². The van der Waals surface area contributed by atoms with Crippen LogP contribution in [0.5, 0.6) is 0 Å². The molecule has 8 heteroatoms. The van der Waals surface area contributed by atoms with Gasteiger partial charge in [0.15, 0.2) is 0 Å². The molecule has 0 bridgehead atoms. The van der Waals surface area contributed by atoms with Gasteiger partial charge in [0.2, 0.25) is 5.91 Å². The average Bonchev–Trinajstić information content (AvgIpc) is 3.02. The maximum atomic E-state index is 12.8. The van der Waals surface area contributed by atoms with Crippen molar-refractivity contribution in [2.45, 2.75) is 59.4 Å². The van der Waals surface area contributed by atoms with Crippen LogP contribution >= 0.6 is 11.6 Å². The SMILES string of the molecule is CCN(CC(=O)Nc1cc(C(C)(C)C)nn1-c1ccc(Cl)cc1)C(=O)NC(C)(C)C. The Bertz CT molecular complexity index is 892. The first-order valence-corrected chi connectivity index (χ1v) is 10.4. The summed E-state index contributed by atoms with van der Waals surface area (Å²) in [5.41, 5.74) is 1.04. The molecule has 0 aliphatic heterocycles. The highest BCUT2D eigenvalue weighted by Gasteiger charge is 2.24. The molecule has 2 aromatic rings. The molecule has 3 amide bonds. The summed E-state index contributed by atoms with van der Waals surface area (Å²) >= 11 is 6.01. The number of carbonyl (C=O) groups is 2. The third kappa shape index (κ3) is 6.49. The zero-order valence-corrected chi connectivity index (χ0v) is 19.6. The standard InChI is InChI=1S/C22H32ClN5O2/c1-8-27(20(30)25-22(5,6)7)14-19(29)24-18-13-17(21(2,3)4)26-28(18)16-11-9-15(23)10-12-16/h9-13H,8,14H2,1-7H3,(H,24,29)(H,25,30). The van der Waals surface area contributed by atoms with E-state index in [1.807, 2.05) is 45.9 Å². The molecule has 1 aromatic heterocycles. The van der Waals surface area contributed by atoms with E-state index >= 15 is 0 Å². The van der Waals surface area contributed by atoms with Gasteiger partial charge in [0.1, 0.15) is 12.4 Å². The molecule has 0 atom stereocenters. The first-order valence-electron chi connectivity index (χ1n) is 10.0. The quantitative estimate of drug-likeness (QED) is 0.723. The summed E-state index contributed by atoms with van der Waals surface area (Å²) in [7, 11) is 0. The predicted molar refractivity (Wildman–Crippen MR) is 121 cm³/mol. The Morgan fingerprint density at radius 1 is 1.10 bits per heavy atom. The van der Waals surface area contributed by atoms with E-state index in [0.29, 0.717) is 17.4 Å². The number of halogens is 1. The van der Waals surface area contributed by atoms with E-state index < -0.39 is 0 Å². The van der Waals surface area contributed by atoms with E-state index in [0.717, 1.165) is 11.4 Å². The van der Waals surface area contributed by atoms with Gasteiger partial charge in [-0.25, -0.2) is 9.48 Å². The summed E-state index contributed by atoms with van der Waals surface area (Å²) in [5.74, 6) is 0.246. The summed E-state index contributed by atoms with van der Waals surface area (Å²) < 4.78 is 1.68. The first kappa shape index (κ1) is 23.7. The normalized spacial score (nSPS) is 11.9. The zero-order valence-electron chi connectivity index (χ0n) is 18.8. The number of aromatic nitrogens is 2. The Kier molecular flexibility index (Phi) is 7.18. The van der Waals surface area contributed by atoms with Crippen molar-refractivity contribution in [3.8, 4) is 5.69 Å². The molecule has 7 nitrogen and oxygen atoms in total. The second-order valence-corrected chi connectivity index (χ2v) is 9.73. The van der Waals surface area contributed by atoms with E-state index in [1.54, 1.807) is 16.8 Å². The lowest BCUT2D eigenvalue weighted by Crippen LogP contribution is -2.50. The molecule has 0 spiro atoms. The molecule has 30 heavy (non-hydrogen) atoms. The van der Waals surface area contributed by atoms with Crippen LogP contribution in [-0.2, 0) is 10.2 Å². The van der Waals surface area contributed by atoms with E-state index in [9.17, 15) is 9.59 Å². The number of hydrogen-bond donors (Lipinski definition) is 2. The number of benzene rings is 1. The lowest BCUT2D eigenvalue weighted by Gasteiger charge is -2.27. The highest BCUT2D eigenvalue weighted by atomic mass is 35.5. The number of hydrogen-bond acceptors (Lipinski definition) is 3. The summed E-state index contributed by atoms with van der Waals surface area (Å²) in [5, 5.41) is 11.1.